The third-order valence-electron chi connectivity index (χ3n) is 3.84. The molecule has 0 saturated heterocycles. The van der Waals surface area contributed by atoms with E-state index >= 15 is 0 Å². The topological polar surface area (TPSA) is 66.9 Å². The second-order valence-electron chi connectivity index (χ2n) is 6.24. The number of alkyl halides is 3. The summed E-state index contributed by atoms with van der Waals surface area (Å²) < 4.78 is 38.6. The number of hydrogen-bond donors (Lipinski definition) is 2. The summed E-state index contributed by atoms with van der Waals surface area (Å²) in [6.07, 6.45) is -4.45. The second-order valence-corrected chi connectivity index (χ2v) is 6.24. The summed E-state index contributed by atoms with van der Waals surface area (Å²) in [4.78, 5) is 20.7. The maximum absolute atomic E-state index is 12.9. The number of anilines is 3. The summed E-state index contributed by atoms with van der Waals surface area (Å²) >= 11 is 0. The van der Waals surface area contributed by atoms with Crippen LogP contribution in [0.25, 0.3) is 0 Å². The fourth-order valence-corrected chi connectivity index (χ4v) is 2.48. The van der Waals surface area contributed by atoms with E-state index in [0.29, 0.717) is 11.4 Å². The average Bonchev–Trinajstić information content (AvgIpc) is 2.62. The number of benzene rings is 2. The molecule has 1 aromatic heterocycles. The van der Waals surface area contributed by atoms with Crippen LogP contribution in [0.4, 0.5) is 30.5 Å². The van der Waals surface area contributed by atoms with Gasteiger partial charge in [0, 0.05) is 17.1 Å². The molecule has 5 nitrogen and oxygen atoms in total. The predicted molar refractivity (Wildman–Crippen MR) is 101 cm³/mol. The van der Waals surface area contributed by atoms with Gasteiger partial charge in [0.05, 0.1) is 5.56 Å². The highest BCUT2D eigenvalue weighted by Crippen LogP contribution is 2.31. The molecule has 1 amide bonds. The van der Waals surface area contributed by atoms with Gasteiger partial charge in [0.25, 0.3) is 5.91 Å². The minimum absolute atomic E-state index is 0.0355. The Morgan fingerprint density at radius 3 is 2.32 bits per heavy atom. The van der Waals surface area contributed by atoms with E-state index in [0.717, 1.165) is 17.7 Å². The van der Waals surface area contributed by atoms with Crippen molar-refractivity contribution in [3.8, 4) is 0 Å². The number of aryl methyl sites for hydroxylation is 2. The van der Waals surface area contributed by atoms with Crippen molar-refractivity contribution in [1.29, 1.82) is 0 Å². The molecule has 0 atom stereocenters. The Morgan fingerprint density at radius 2 is 1.64 bits per heavy atom. The third kappa shape index (κ3) is 4.85. The fourth-order valence-electron chi connectivity index (χ4n) is 2.48. The van der Waals surface area contributed by atoms with Gasteiger partial charge < -0.3 is 10.6 Å². The van der Waals surface area contributed by atoms with Crippen LogP contribution in [0.3, 0.4) is 0 Å². The molecule has 2 aromatic carbocycles. The van der Waals surface area contributed by atoms with Gasteiger partial charge in [0.2, 0.25) is 5.95 Å². The molecule has 0 aliphatic heterocycles. The van der Waals surface area contributed by atoms with Crippen molar-refractivity contribution < 1.29 is 18.0 Å². The van der Waals surface area contributed by atoms with Crippen molar-refractivity contribution in [3.05, 3.63) is 77.1 Å². The maximum atomic E-state index is 12.9. The number of hydrogen-bond acceptors (Lipinski definition) is 4. The number of amides is 1. The van der Waals surface area contributed by atoms with E-state index < -0.39 is 17.6 Å². The zero-order valence-corrected chi connectivity index (χ0v) is 15.1. The zero-order chi connectivity index (χ0) is 20.3. The normalized spacial score (nSPS) is 11.2. The van der Waals surface area contributed by atoms with Crippen LogP contribution < -0.4 is 10.6 Å². The number of rotatable bonds is 4. The molecule has 8 heteroatoms. The van der Waals surface area contributed by atoms with E-state index in [1.165, 1.54) is 18.2 Å². The number of halogens is 3. The van der Waals surface area contributed by atoms with Gasteiger partial charge in [-0.2, -0.15) is 13.2 Å². The van der Waals surface area contributed by atoms with Crippen LogP contribution in [-0.4, -0.2) is 15.9 Å². The predicted octanol–water partition coefficient (Wildman–Crippen LogP) is 5.11. The lowest BCUT2D eigenvalue weighted by atomic mass is 10.2. The van der Waals surface area contributed by atoms with Crippen LogP contribution in [0, 0.1) is 13.8 Å². The van der Waals surface area contributed by atoms with Crippen molar-refractivity contribution in [2.75, 3.05) is 10.6 Å². The number of nitrogens with one attached hydrogen (secondary N) is 2. The van der Waals surface area contributed by atoms with E-state index in [1.807, 2.05) is 19.1 Å². The molecule has 0 radical (unpaired) electrons. The second kappa shape index (κ2) is 7.67. The van der Waals surface area contributed by atoms with Crippen molar-refractivity contribution >= 4 is 23.2 Å². The van der Waals surface area contributed by atoms with Crippen molar-refractivity contribution in [2.45, 2.75) is 20.0 Å². The van der Waals surface area contributed by atoms with E-state index in [2.05, 4.69) is 20.6 Å². The summed E-state index contributed by atoms with van der Waals surface area (Å²) in [5.74, 6) is -0.408. The minimum Gasteiger partial charge on any atom is -0.324 e. The van der Waals surface area contributed by atoms with Crippen molar-refractivity contribution in [1.82, 2.24) is 9.97 Å². The van der Waals surface area contributed by atoms with Gasteiger partial charge >= 0.3 is 6.18 Å². The first-order valence-electron chi connectivity index (χ1n) is 8.39. The lowest BCUT2D eigenvalue weighted by Crippen LogP contribution is -2.15. The molecular weight excluding hydrogens is 369 g/mol. The molecule has 0 bridgehead atoms. The van der Waals surface area contributed by atoms with Crippen molar-refractivity contribution in [2.24, 2.45) is 0 Å². The van der Waals surface area contributed by atoms with Gasteiger partial charge in [-0.3, -0.25) is 4.79 Å². The quantitative estimate of drug-likeness (QED) is 0.654. The van der Waals surface area contributed by atoms with Gasteiger partial charge in [-0.1, -0.05) is 23.8 Å². The summed E-state index contributed by atoms with van der Waals surface area (Å²) in [6, 6.07) is 13.4. The molecule has 3 rings (SSSR count). The van der Waals surface area contributed by atoms with Crippen LogP contribution in [0.5, 0.6) is 0 Å². The Kier molecular flexibility index (Phi) is 5.30. The Labute approximate surface area is 159 Å². The first-order valence-corrected chi connectivity index (χ1v) is 8.39. The monoisotopic (exact) mass is 386 g/mol. The molecule has 0 spiro atoms. The number of carbonyl (C=O) groups excluding carboxylic acids is 1. The average molecular weight is 386 g/mol. The summed E-state index contributed by atoms with van der Waals surface area (Å²) in [5, 5.41) is 5.45. The van der Waals surface area contributed by atoms with E-state index in [4.69, 9.17) is 0 Å². The third-order valence-corrected chi connectivity index (χ3v) is 3.84. The summed E-state index contributed by atoms with van der Waals surface area (Å²) in [7, 11) is 0. The standard InChI is InChI=1S/C20H17F3N4O/c1-12-6-8-15(9-7-12)25-18(28)17-10-13(2)24-19(27-17)26-16-5-3-4-14(11-16)20(21,22)23/h3-11H,1-2H3,(H,25,28)(H,24,26,27). The first kappa shape index (κ1) is 19.3. The number of carbonyl (C=O) groups is 1. The van der Waals surface area contributed by atoms with Gasteiger partial charge in [-0.25, -0.2) is 9.97 Å². The molecule has 0 unspecified atom stereocenters. The van der Waals surface area contributed by atoms with Gasteiger partial charge in [0.1, 0.15) is 5.69 Å². The molecular formula is C20H17F3N4O. The van der Waals surface area contributed by atoms with Crippen LogP contribution in [0.2, 0.25) is 0 Å². The molecule has 0 aliphatic rings. The van der Waals surface area contributed by atoms with E-state index in [9.17, 15) is 18.0 Å². The molecule has 28 heavy (non-hydrogen) atoms. The number of aromatic nitrogens is 2. The highest BCUT2D eigenvalue weighted by molar-refractivity contribution is 6.03. The summed E-state index contributed by atoms with van der Waals surface area (Å²) in [5.41, 5.74) is 1.65. The Balaban J connectivity index is 1.81. The smallest absolute Gasteiger partial charge is 0.324 e. The summed E-state index contributed by atoms with van der Waals surface area (Å²) in [6.45, 7) is 3.60. The fraction of sp³-hybridized carbons (Fsp3) is 0.150. The largest absolute Gasteiger partial charge is 0.416 e. The maximum Gasteiger partial charge on any atom is 0.416 e. The minimum atomic E-state index is -4.45. The molecule has 0 aliphatic carbocycles. The van der Waals surface area contributed by atoms with Crippen molar-refractivity contribution in [3.63, 3.8) is 0 Å². The highest BCUT2D eigenvalue weighted by Gasteiger charge is 2.30. The Hall–Kier alpha value is -3.42. The zero-order valence-electron chi connectivity index (χ0n) is 15.1. The molecule has 3 aromatic rings. The molecule has 1 heterocycles. The van der Waals surface area contributed by atoms with Crippen LogP contribution in [-0.2, 0) is 6.18 Å². The lowest BCUT2D eigenvalue weighted by molar-refractivity contribution is -0.137. The highest BCUT2D eigenvalue weighted by atomic mass is 19.4. The Bertz CT molecular complexity index is 1000. The SMILES string of the molecule is Cc1ccc(NC(=O)c2cc(C)nc(Nc3cccc(C(F)(F)F)c3)n2)cc1. The first-order chi connectivity index (χ1) is 13.2. The van der Waals surface area contributed by atoms with E-state index in [-0.39, 0.29) is 17.3 Å². The number of nitrogens with zero attached hydrogens (tertiary/aromatic N) is 2. The van der Waals surface area contributed by atoms with Gasteiger partial charge in [-0.05, 0) is 50.2 Å². The van der Waals surface area contributed by atoms with E-state index in [1.54, 1.807) is 19.1 Å². The van der Waals surface area contributed by atoms with Gasteiger partial charge in [0.15, 0.2) is 0 Å². The van der Waals surface area contributed by atoms with Gasteiger partial charge in [-0.15, -0.1) is 0 Å². The molecule has 0 saturated carbocycles. The Morgan fingerprint density at radius 1 is 0.929 bits per heavy atom. The van der Waals surface area contributed by atoms with Crippen LogP contribution >= 0.6 is 0 Å². The molecule has 144 valence electrons. The molecule has 2 N–H and O–H groups in total. The van der Waals surface area contributed by atoms with Crippen LogP contribution in [0.1, 0.15) is 27.3 Å². The molecule has 0 fully saturated rings. The lowest BCUT2D eigenvalue weighted by Gasteiger charge is -2.11. The van der Waals surface area contributed by atoms with Crippen LogP contribution in [0.15, 0.2) is 54.6 Å².